The van der Waals surface area contributed by atoms with Crippen LogP contribution in [0.25, 0.3) is 0 Å². The molecule has 0 bridgehead atoms. The predicted molar refractivity (Wildman–Crippen MR) is 102 cm³/mol. The van der Waals surface area contributed by atoms with Gasteiger partial charge in [-0.15, -0.1) is 0 Å². The molecule has 0 aromatic heterocycles. The summed E-state index contributed by atoms with van der Waals surface area (Å²) < 4.78 is 25.8. The van der Waals surface area contributed by atoms with Crippen molar-refractivity contribution < 1.29 is 18.0 Å². The lowest BCUT2D eigenvalue weighted by Crippen LogP contribution is -2.43. The molecule has 3 amide bonds. The molecule has 0 unspecified atom stereocenters. The van der Waals surface area contributed by atoms with Crippen molar-refractivity contribution in [2.75, 3.05) is 32.5 Å². The summed E-state index contributed by atoms with van der Waals surface area (Å²) in [5, 5.41) is 7.71. The minimum Gasteiger partial charge on any atom is -0.376 e. The zero-order valence-electron chi connectivity index (χ0n) is 16.1. The molecule has 0 aliphatic carbocycles. The second-order valence-electron chi connectivity index (χ2n) is 6.71. The molecule has 8 nitrogen and oxygen atoms in total. The molecule has 1 aromatic rings. The number of amides is 3. The lowest BCUT2D eigenvalue weighted by molar-refractivity contribution is -0.118. The van der Waals surface area contributed by atoms with E-state index in [1.807, 2.05) is 20.8 Å². The van der Waals surface area contributed by atoms with Gasteiger partial charge in [0.25, 0.3) is 0 Å². The van der Waals surface area contributed by atoms with E-state index in [2.05, 4.69) is 16.0 Å². The van der Waals surface area contributed by atoms with Crippen molar-refractivity contribution in [3.05, 3.63) is 23.3 Å². The summed E-state index contributed by atoms with van der Waals surface area (Å²) in [5.74, 6) is -0.231. The molecule has 26 heavy (non-hydrogen) atoms. The van der Waals surface area contributed by atoms with E-state index < -0.39 is 22.0 Å². The van der Waals surface area contributed by atoms with Crippen LogP contribution in [-0.4, -0.2) is 51.8 Å². The fourth-order valence-corrected chi connectivity index (χ4v) is 3.07. The van der Waals surface area contributed by atoms with Crippen molar-refractivity contribution in [2.45, 2.75) is 32.6 Å². The molecule has 0 saturated carbocycles. The summed E-state index contributed by atoms with van der Waals surface area (Å²) >= 11 is 0. The molecule has 0 aliphatic heterocycles. The number of hydrogen-bond donors (Lipinski definition) is 3. The molecule has 146 valence electrons. The largest absolute Gasteiger partial charge is 0.376 e. The number of urea groups is 1. The van der Waals surface area contributed by atoms with Crippen LogP contribution in [0, 0.1) is 19.8 Å². The van der Waals surface area contributed by atoms with Gasteiger partial charge in [0, 0.05) is 26.3 Å². The van der Waals surface area contributed by atoms with Gasteiger partial charge >= 0.3 is 6.03 Å². The minimum atomic E-state index is -3.58. The Morgan fingerprint density at radius 2 is 1.77 bits per heavy atom. The molecular weight excluding hydrogens is 356 g/mol. The number of anilines is 1. The van der Waals surface area contributed by atoms with Gasteiger partial charge < -0.3 is 10.6 Å². The maximum Gasteiger partial charge on any atom is 0.321 e. The summed E-state index contributed by atoms with van der Waals surface area (Å²) in [6.07, 6.45) is 0. The van der Waals surface area contributed by atoms with Crippen LogP contribution in [0.2, 0.25) is 0 Å². The van der Waals surface area contributed by atoms with Crippen LogP contribution in [0.15, 0.2) is 17.0 Å². The van der Waals surface area contributed by atoms with E-state index in [0.29, 0.717) is 12.2 Å². The number of sulfonamides is 1. The van der Waals surface area contributed by atoms with E-state index in [4.69, 9.17) is 0 Å². The number of hydrogen-bond acceptors (Lipinski definition) is 5. The Bertz CT molecular complexity index is 773. The summed E-state index contributed by atoms with van der Waals surface area (Å²) in [6, 6.07) is 2.53. The van der Waals surface area contributed by atoms with Crippen LogP contribution in [0.4, 0.5) is 10.5 Å². The van der Waals surface area contributed by atoms with Crippen LogP contribution in [0.3, 0.4) is 0 Å². The highest BCUT2D eigenvalue weighted by molar-refractivity contribution is 7.89. The van der Waals surface area contributed by atoms with Crippen molar-refractivity contribution in [2.24, 2.45) is 5.92 Å². The first-order valence-electron chi connectivity index (χ1n) is 8.30. The lowest BCUT2D eigenvalue weighted by atomic mass is 10.1. The Morgan fingerprint density at radius 3 is 2.31 bits per heavy atom. The van der Waals surface area contributed by atoms with Crippen LogP contribution in [-0.2, 0) is 14.8 Å². The summed E-state index contributed by atoms with van der Waals surface area (Å²) in [6.45, 7) is 7.84. The topological polar surface area (TPSA) is 108 Å². The SMILES string of the molecule is Cc1cc(S(=O)(=O)N(C)C)cc(NCC(=O)NC(=O)NCC(C)C)c1C. The number of imide groups is 1. The molecule has 0 atom stereocenters. The van der Waals surface area contributed by atoms with Gasteiger partial charge in [-0.25, -0.2) is 17.5 Å². The van der Waals surface area contributed by atoms with Crippen molar-refractivity contribution in [3.63, 3.8) is 0 Å². The zero-order chi connectivity index (χ0) is 20.1. The highest BCUT2D eigenvalue weighted by Crippen LogP contribution is 2.25. The van der Waals surface area contributed by atoms with Gasteiger partial charge in [0.05, 0.1) is 11.4 Å². The highest BCUT2D eigenvalue weighted by Gasteiger charge is 2.19. The Hall–Kier alpha value is -2.13. The standard InChI is InChI=1S/C17H28N4O4S/c1-11(2)9-19-17(23)20-16(22)10-18-15-8-14(7-12(3)13(15)4)26(24,25)21(5)6/h7-8,11,18H,9-10H2,1-6H3,(H2,19,20,22,23). The number of nitrogens with one attached hydrogen (secondary N) is 3. The third-order valence-electron chi connectivity index (χ3n) is 3.78. The van der Waals surface area contributed by atoms with Gasteiger partial charge in [0.1, 0.15) is 0 Å². The van der Waals surface area contributed by atoms with Gasteiger partial charge in [-0.1, -0.05) is 13.8 Å². The molecule has 0 fully saturated rings. The summed E-state index contributed by atoms with van der Waals surface area (Å²) in [5.41, 5.74) is 2.15. The number of carbonyl (C=O) groups excluding carboxylic acids is 2. The number of rotatable bonds is 7. The number of benzene rings is 1. The van der Waals surface area contributed by atoms with Crippen LogP contribution >= 0.6 is 0 Å². The van der Waals surface area contributed by atoms with Gasteiger partial charge in [-0.3, -0.25) is 10.1 Å². The molecule has 0 heterocycles. The third kappa shape index (κ3) is 5.99. The monoisotopic (exact) mass is 384 g/mol. The molecule has 0 radical (unpaired) electrons. The molecule has 1 rings (SSSR count). The lowest BCUT2D eigenvalue weighted by Gasteiger charge is -2.17. The first-order chi connectivity index (χ1) is 11.9. The van der Waals surface area contributed by atoms with Gasteiger partial charge in [0.15, 0.2) is 0 Å². The fraction of sp³-hybridized carbons (Fsp3) is 0.529. The van der Waals surface area contributed by atoms with Crippen LogP contribution < -0.4 is 16.0 Å². The van der Waals surface area contributed by atoms with Crippen molar-refractivity contribution >= 4 is 27.6 Å². The Balaban J connectivity index is 2.83. The Morgan fingerprint density at radius 1 is 1.15 bits per heavy atom. The molecule has 3 N–H and O–H groups in total. The van der Waals surface area contributed by atoms with Crippen molar-refractivity contribution in [1.82, 2.24) is 14.9 Å². The maximum absolute atomic E-state index is 12.3. The molecular formula is C17H28N4O4S. The van der Waals surface area contributed by atoms with E-state index in [0.717, 1.165) is 15.4 Å². The molecule has 1 aromatic carbocycles. The molecule has 9 heteroatoms. The summed E-state index contributed by atoms with van der Waals surface area (Å²) in [4.78, 5) is 23.6. The average Bonchev–Trinajstić information content (AvgIpc) is 2.53. The van der Waals surface area contributed by atoms with Crippen molar-refractivity contribution in [1.29, 1.82) is 0 Å². The Labute approximate surface area is 155 Å². The zero-order valence-corrected chi connectivity index (χ0v) is 17.0. The molecule has 0 aliphatic rings. The van der Waals surface area contributed by atoms with Gasteiger partial charge in [0.2, 0.25) is 15.9 Å². The third-order valence-corrected chi connectivity index (χ3v) is 5.58. The van der Waals surface area contributed by atoms with E-state index in [-0.39, 0.29) is 17.4 Å². The second kappa shape index (κ2) is 9.00. The predicted octanol–water partition coefficient (Wildman–Crippen LogP) is 1.45. The fourth-order valence-electron chi connectivity index (χ4n) is 2.06. The quantitative estimate of drug-likeness (QED) is 0.659. The van der Waals surface area contributed by atoms with E-state index in [9.17, 15) is 18.0 Å². The minimum absolute atomic E-state index is 0.142. The summed E-state index contributed by atoms with van der Waals surface area (Å²) in [7, 11) is -0.665. The normalized spacial score (nSPS) is 11.5. The van der Waals surface area contributed by atoms with E-state index >= 15 is 0 Å². The van der Waals surface area contributed by atoms with Crippen molar-refractivity contribution in [3.8, 4) is 0 Å². The highest BCUT2D eigenvalue weighted by atomic mass is 32.2. The van der Waals surface area contributed by atoms with Crippen LogP contribution in [0.5, 0.6) is 0 Å². The molecule has 0 saturated heterocycles. The Kier molecular flexibility index (Phi) is 7.58. The van der Waals surface area contributed by atoms with Gasteiger partial charge in [-0.05, 0) is 43.0 Å². The number of carbonyl (C=O) groups is 2. The smallest absolute Gasteiger partial charge is 0.321 e. The van der Waals surface area contributed by atoms with Gasteiger partial charge in [-0.2, -0.15) is 0 Å². The second-order valence-corrected chi connectivity index (χ2v) is 8.86. The van der Waals surface area contributed by atoms with E-state index in [1.54, 1.807) is 13.0 Å². The van der Waals surface area contributed by atoms with Crippen LogP contribution in [0.1, 0.15) is 25.0 Å². The molecule has 0 spiro atoms. The first kappa shape index (κ1) is 21.9. The average molecular weight is 385 g/mol. The first-order valence-corrected chi connectivity index (χ1v) is 9.74. The number of nitrogens with zero attached hydrogens (tertiary/aromatic N) is 1. The number of aryl methyl sites for hydroxylation is 1. The maximum atomic E-state index is 12.3. The van der Waals surface area contributed by atoms with E-state index in [1.165, 1.54) is 20.2 Å².